The zero-order chi connectivity index (χ0) is 13.2. The Hall–Kier alpha value is -1.36. The molecule has 1 saturated heterocycles. The lowest BCUT2D eigenvalue weighted by molar-refractivity contribution is 0.578. The summed E-state index contributed by atoms with van der Waals surface area (Å²) in [6, 6.07) is 0.910. The lowest BCUT2D eigenvalue weighted by Crippen LogP contribution is -2.41. The summed E-state index contributed by atoms with van der Waals surface area (Å²) < 4.78 is 1.85. The number of likely N-dealkylation sites (N-methyl/N-ethyl adjacent to an activating group) is 1. The lowest BCUT2D eigenvalue weighted by Gasteiger charge is -2.25. The minimum atomic E-state index is 0.0739. The predicted molar refractivity (Wildman–Crippen MR) is 75.7 cm³/mol. The second-order valence-electron chi connectivity index (χ2n) is 5.53. The van der Waals surface area contributed by atoms with Crippen LogP contribution < -0.4 is 15.8 Å². The Labute approximate surface area is 113 Å². The highest BCUT2D eigenvalue weighted by atomic mass is 16.1. The molecule has 1 aliphatic carbocycles. The van der Waals surface area contributed by atoms with Gasteiger partial charge in [-0.15, -0.1) is 0 Å². The second-order valence-corrected chi connectivity index (χ2v) is 5.53. The number of anilines is 1. The summed E-state index contributed by atoms with van der Waals surface area (Å²) in [6.45, 7) is 4.89. The fourth-order valence-electron chi connectivity index (χ4n) is 2.82. The maximum Gasteiger partial charge on any atom is 0.293 e. The van der Waals surface area contributed by atoms with Crippen LogP contribution >= 0.6 is 0 Å². The summed E-state index contributed by atoms with van der Waals surface area (Å²) in [5, 5.41) is 3.48. The molecule has 5 nitrogen and oxygen atoms in total. The van der Waals surface area contributed by atoms with Gasteiger partial charge in [0.25, 0.3) is 5.56 Å². The molecule has 2 aliphatic rings. The Bertz CT molecular complexity index is 488. The number of rotatable bonds is 5. The SMILES string of the molecule is CCN(CC1CCCN1)c1nccn(C2CC2)c1=O. The average Bonchev–Trinajstić information content (AvgIpc) is 3.14. The van der Waals surface area contributed by atoms with Gasteiger partial charge in [0.2, 0.25) is 0 Å². The monoisotopic (exact) mass is 262 g/mol. The van der Waals surface area contributed by atoms with E-state index in [4.69, 9.17) is 0 Å². The summed E-state index contributed by atoms with van der Waals surface area (Å²) in [5.41, 5.74) is 0.0739. The maximum absolute atomic E-state index is 12.5. The zero-order valence-corrected chi connectivity index (χ0v) is 11.5. The molecule has 1 aromatic heterocycles. The molecular weight excluding hydrogens is 240 g/mol. The molecule has 0 bridgehead atoms. The third kappa shape index (κ3) is 2.66. The van der Waals surface area contributed by atoms with Gasteiger partial charge in [0, 0.05) is 37.6 Å². The molecule has 1 aliphatic heterocycles. The third-order valence-corrected chi connectivity index (χ3v) is 4.07. The molecule has 1 atom stereocenters. The fourth-order valence-corrected chi connectivity index (χ4v) is 2.82. The molecule has 5 heteroatoms. The van der Waals surface area contributed by atoms with Gasteiger partial charge in [0.05, 0.1) is 0 Å². The van der Waals surface area contributed by atoms with Crippen molar-refractivity contribution in [1.82, 2.24) is 14.9 Å². The van der Waals surface area contributed by atoms with Crippen molar-refractivity contribution in [3.63, 3.8) is 0 Å². The number of aromatic nitrogens is 2. The van der Waals surface area contributed by atoms with E-state index in [1.54, 1.807) is 6.20 Å². The molecule has 1 N–H and O–H groups in total. The second kappa shape index (κ2) is 5.33. The minimum absolute atomic E-state index is 0.0739. The van der Waals surface area contributed by atoms with Crippen LogP contribution in [0.1, 0.15) is 38.6 Å². The molecule has 0 radical (unpaired) electrons. The van der Waals surface area contributed by atoms with Gasteiger partial charge in [-0.05, 0) is 39.2 Å². The van der Waals surface area contributed by atoms with Crippen molar-refractivity contribution in [1.29, 1.82) is 0 Å². The Balaban J connectivity index is 1.81. The highest BCUT2D eigenvalue weighted by molar-refractivity contribution is 5.36. The predicted octanol–water partition coefficient (Wildman–Crippen LogP) is 1.16. The van der Waals surface area contributed by atoms with E-state index in [2.05, 4.69) is 22.1 Å². The maximum atomic E-state index is 12.5. The first kappa shape index (κ1) is 12.7. The normalized spacial score (nSPS) is 22.7. The Morgan fingerprint density at radius 3 is 2.95 bits per heavy atom. The Morgan fingerprint density at radius 1 is 1.47 bits per heavy atom. The van der Waals surface area contributed by atoms with E-state index >= 15 is 0 Å². The summed E-state index contributed by atoms with van der Waals surface area (Å²) in [6.07, 6.45) is 8.27. The van der Waals surface area contributed by atoms with E-state index in [9.17, 15) is 4.79 Å². The van der Waals surface area contributed by atoms with E-state index in [1.807, 2.05) is 10.8 Å². The molecule has 104 valence electrons. The first-order valence-electron chi connectivity index (χ1n) is 7.35. The first-order chi connectivity index (χ1) is 9.29. The summed E-state index contributed by atoms with van der Waals surface area (Å²) in [4.78, 5) is 18.9. The molecule has 1 saturated carbocycles. The van der Waals surface area contributed by atoms with Crippen LogP contribution in [0, 0.1) is 0 Å². The first-order valence-corrected chi connectivity index (χ1v) is 7.35. The third-order valence-electron chi connectivity index (χ3n) is 4.07. The standard InChI is InChI=1S/C14H22N4O/c1-2-17(10-11-4-3-7-15-11)13-14(19)18(9-8-16-13)12-5-6-12/h8-9,11-12,15H,2-7,10H2,1H3. The lowest BCUT2D eigenvalue weighted by atomic mass is 10.2. The Morgan fingerprint density at radius 2 is 2.32 bits per heavy atom. The van der Waals surface area contributed by atoms with E-state index in [-0.39, 0.29) is 5.56 Å². The molecule has 3 rings (SSSR count). The van der Waals surface area contributed by atoms with Crippen LogP contribution in [0.15, 0.2) is 17.2 Å². The highest BCUT2D eigenvalue weighted by Gasteiger charge is 2.27. The molecule has 0 amide bonds. The van der Waals surface area contributed by atoms with Gasteiger partial charge in [0.15, 0.2) is 5.82 Å². The summed E-state index contributed by atoms with van der Waals surface area (Å²) in [5.74, 6) is 0.616. The molecule has 0 spiro atoms. The van der Waals surface area contributed by atoms with Crippen LogP contribution in [0.25, 0.3) is 0 Å². The molecular formula is C14H22N4O. The quantitative estimate of drug-likeness (QED) is 0.865. The van der Waals surface area contributed by atoms with Gasteiger partial charge >= 0.3 is 0 Å². The Kier molecular flexibility index (Phi) is 3.55. The van der Waals surface area contributed by atoms with E-state index in [0.29, 0.717) is 17.9 Å². The van der Waals surface area contributed by atoms with Crippen LogP contribution in [0.2, 0.25) is 0 Å². The number of hydrogen-bond donors (Lipinski definition) is 1. The topological polar surface area (TPSA) is 50.2 Å². The smallest absolute Gasteiger partial charge is 0.293 e. The van der Waals surface area contributed by atoms with Gasteiger partial charge in [-0.3, -0.25) is 4.79 Å². The largest absolute Gasteiger partial charge is 0.351 e. The van der Waals surface area contributed by atoms with Crippen LogP contribution in [-0.4, -0.2) is 35.2 Å². The molecule has 0 aromatic carbocycles. The number of hydrogen-bond acceptors (Lipinski definition) is 4. The summed E-state index contributed by atoms with van der Waals surface area (Å²) in [7, 11) is 0. The van der Waals surface area contributed by atoms with Crippen molar-refractivity contribution in [2.24, 2.45) is 0 Å². The molecule has 19 heavy (non-hydrogen) atoms. The van der Waals surface area contributed by atoms with Crippen LogP contribution in [0.4, 0.5) is 5.82 Å². The number of nitrogens with one attached hydrogen (secondary N) is 1. The summed E-state index contributed by atoms with van der Waals surface area (Å²) >= 11 is 0. The van der Waals surface area contributed by atoms with Crippen molar-refractivity contribution in [2.75, 3.05) is 24.5 Å². The molecule has 1 unspecified atom stereocenters. The molecule has 2 fully saturated rings. The van der Waals surface area contributed by atoms with Crippen molar-refractivity contribution >= 4 is 5.82 Å². The van der Waals surface area contributed by atoms with Crippen LogP contribution in [0.3, 0.4) is 0 Å². The van der Waals surface area contributed by atoms with Crippen molar-refractivity contribution in [3.8, 4) is 0 Å². The fraction of sp³-hybridized carbons (Fsp3) is 0.714. The van der Waals surface area contributed by atoms with Crippen molar-refractivity contribution in [3.05, 3.63) is 22.7 Å². The van der Waals surface area contributed by atoms with Crippen molar-refractivity contribution < 1.29 is 0 Å². The highest BCUT2D eigenvalue weighted by Crippen LogP contribution is 2.33. The minimum Gasteiger partial charge on any atom is -0.351 e. The van der Waals surface area contributed by atoms with Crippen LogP contribution in [0.5, 0.6) is 0 Å². The van der Waals surface area contributed by atoms with Gasteiger partial charge in [-0.2, -0.15) is 0 Å². The number of nitrogens with zero attached hydrogens (tertiary/aromatic N) is 3. The molecule has 2 heterocycles. The van der Waals surface area contributed by atoms with Crippen molar-refractivity contribution in [2.45, 2.75) is 44.7 Å². The van der Waals surface area contributed by atoms with Gasteiger partial charge in [0.1, 0.15) is 0 Å². The average molecular weight is 262 g/mol. The van der Waals surface area contributed by atoms with Gasteiger partial charge < -0.3 is 14.8 Å². The van der Waals surface area contributed by atoms with E-state index in [1.165, 1.54) is 12.8 Å². The van der Waals surface area contributed by atoms with E-state index < -0.39 is 0 Å². The van der Waals surface area contributed by atoms with E-state index in [0.717, 1.165) is 32.5 Å². The van der Waals surface area contributed by atoms with Crippen LogP contribution in [-0.2, 0) is 0 Å². The zero-order valence-electron chi connectivity index (χ0n) is 11.5. The van der Waals surface area contributed by atoms with Gasteiger partial charge in [-0.1, -0.05) is 0 Å². The van der Waals surface area contributed by atoms with Gasteiger partial charge in [-0.25, -0.2) is 4.98 Å². The molecule has 1 aromatic rings.